The van der Waals surface area contributed by atoms with Gasteiger partial charge in [0, 0.05) is 13.0 Å². The Morgan fingerprint density at radius 1 is 1.21 bits per heavy atom. The number of hydrogen-bond donors (Lipinski definition) is 2. The quantitative estimate of drug-likeness (QED) is 0.682. The predicted molar refractivity (Wildman–Crippen MR) is 97.1 cm³/mol. The highest BCUT2D eigenvalue weighted by molar-refractivity contribution is 6.35. The van der Waals surface area contributed by atoms with Crippen LogP contribution in [-0.2, 0) is 12.6 Å². The molecule has 0 saturated heterocycles. The third-order valence-corrected chi connectivity index (χ3v) is 4.29. The van der Waals surface area contributed by atoms with Gasteiger partial charge in [0.15, 0.2) is 0 Å². The fourth-order valence-electron chi connectivity index (χ4n) is 2.77. The number of nitrogens with one attached hydrogen (secondary N) is 1. The molecule has 0 aliphatic rings. The third-order valence-electron chi connectivity index (χ3n) is 3.97. The maximum atomic E-state index is 13.1. The Balaban J connectivity index is 2.24. The van der Waals surface area contributed by atoms with E-state index < -0.39 is 23.4 Å². The molecule has 1 amide bonds. The zero-order chi connectivity index (χ0) is 20.5. The van der Waals surface area contributed by atoms with E-state index in [4.69, 9.17) is 16.7 Å². The zero-order valence-electron chi connectivity index (χ0n) is 14.1. The van der Waals surface area contributed by atoms with Crippen molar-refractivity contribution in [2.75, 3.05) is 6.54 Å². The molecule has 10 heteroatoms. The summed E-state index contributed by atoms with van der Waals surface area (Å²) in [5, 5.41) is 11.0. The van der Waals surface area contributed by atoms with Crippen LogP contribution in [0.2, 0.25) is 5.02 Å². The van der Waals surface area contributed by atoms with E-state index in [1.54, 1.807) is 12.1 Å². The second-order valence-electron chi connectivity index (χ2n) is 5.83. The minimum atomic E-state index is -4.59. The Morgan fingerprint density at radius 2 is 1.93 bits per heavy atom. The highest BCUT2D eigenvalue weighted by Crippen LogP contribution is 2.30. The Hall–Kier alpha value is -3.07. The van der Waals surface area contributed by atoms with Crippen molar-refractivity contribution in [2.45, 2.75) is 12.6 Å². The SMILES string of the molecule is O=C(O)NCCc1nc2cccc(Cl)c2c(=O)n1-c1cccc(C(F)(F)F)c1. The number of fused-ring (bicyclic) bond motifs is 1. The number of alkyl halides is 3. The molecule has 0 aliphatic carbocycles. The standard InChI is InChI=1S/C18H13ClF3N3O3/c19-12-5-2-6-13-15(12)16(26)25(14(24-13)7-8-23-17(27)28)11-4-1-3-10(9-11)18(20,21)22/h1-6,9,23H,7-8H2,(H,27,28). The van der Waals surface area contributed by atoms with Gasteiger partial charge in [-0.2, -0.15) is 13.2 Å². The van der Waals surface area contributed by atoms with Gasteiger partial charge in [-0.1, -0.05) is 23.7 Å². The van der Waals surface area contributed by atoms with Crippen LogP contribution in [0.3, 0.4) is 0 Å². The first-order valence-electron chi connectivity index (χ1n) is 8.03. The molecule has 0 fully saturated rings. The molecule has 0 bridgehead atoms. The molecule has 0 atom stereocenters. The lowest BCUT2D eigenvalue weighted by Crippen LogP contribution is -2.29. The molecular formula is C18H13ClF3N3O3. The molecular weight excluding hydrogens is 399 g/mol. The first-order chi connectivity index (χ1) is 13.2. The Bertz CT molecular complexity index is 1110. The molecule has 146 valence electrons. The number of benzene rings is 2. The van der Waals surface area contributed by atoms with Crippen LogP contribution in [0.25, 0.3) is 16.6 Å². The van der Waals surface area contributed by atoms with E-state index in [1.807, 2.05) is 0 Å². The summed E-state index contributed by atoms with van der Waals surface area (Å²) in [5.41, 5.74) is -1.34. The number of amides is 1. The first-order valence-corrected chi connectivity index (χ1v) is 8.41. The maximum absolute atomic E-state index is 13.1. The van der Waals surface area contributed by atoms with Gasteiger partial charge in [0.1, 0.15) is 5.82 Å². The van der Waals surface area contributed by atoms with Crippen molar-refractivity contribution in [2.24, 2.45) is 0 Å². The summed E-state index contributed by atoms with van der Waals surface area (Å²) in [6, 6.07) is 8.87. The summed E-state index contributed by atoms with van der Waals surface area (Å²) in [5.74, 6) is 0.104. The number of halogens is 4. The number of aromatic nitrogens is 2. The van der Waals surface area contributed by atoms with Crippen LogP contribution in [0.5, 0.6) is 0 Å². The summed E-state index contributed by atoms with van der Waals surface area (Å²) in [7, 11) is 0. The van der Waals surface area contributed by atoms with E-state index in [9.17, 15) is 22.8 Å². The molecule has 0 aliphatic heterocycles. The molecule has 0 saturated carbocycles. The van der Waals surface area contributed by atoms with E-state index in [0.717, 1.165) is 16.7 Å². The van der Waals surface area contributed by atoms with Crippen molar-refractivity contribution in [3.8, 4) is 5.69 Å². The number of nitrogens with zero attached hydrogens (tertiary/aromatic N) is 2. The number of rotatable bonds is 4. The molecule has 6 nitrogen and oxygen atoms in total. The molecule has 1 aromatic heterocycles. The van der Waals surface area contributed by atoms with Gasteiger partial charge in [0.2, 0.25) is 0 Å². The van der Waals surface area contributed by atoms with Crippen molar-refractivity contribution in [3.05, 3.63) is 69.2 Å². The molecule has 0 radical (unpaired) electrons. The first kappa shape index (κ1) is 19.7. The van der Waals surface area contributed by atoms with Gasteiger partial charge in [0.05, 0.1) is 27.2 Å². The average molecular weight is 412 g/mol. The van der Waals surface area contributed by atoms with Crippen LogP contribution in [0, 0.1) is 0 Å². The van der Waals surface area contributed by atoms with Gasteiger partial charge in [-0.3, -0.25) is 9.36 Å². The van der Waals surface area contributed by atoms with Crippen LogP contribution >= 0.6 is 11.6 Å². The molecule has 2 aromatic carbocycles. The Morgan fingerprint density at radius 3 is 2.61 bits per heavy atom. The summed E-state index contributed by atoms with van der Waals surface area (Å²) < 4.78 is 40.3. The molecule has 28 heavy (non-hydrogen) atoms. The largest absolute Gasteiger partial charge is 0.465 e. The molecule has 2 N–H and O–H groups in total. The fourth-order valence-corrected chi connectivity index (χ4v) is 3.02. The second-order valence-corrected chi connectivity index (χ2v) is 6.24. The van der Waals surface area contributed by atoms with Crippen LogP contribution in [0.15, 0.2) is 47.3 Å². The monoisotopic (exact) mass is 411 g/mol. The summed E-state index contributed by atoms with van der Waals surface area (Å²) in [4.78, 5) is 28.1. The number of carbonyl (C=O) groups is 1. The van der Waals surface area contributed by atoms with E-state index in [1.165, 1.54) is 18.2 Å². The van der Waals surface area contributed by atoms with Gasteiger partial charge in [-0.05, 0) is 30.3 Å². The second kappa shape index (κ2) is 7.51. The topological polar surface area (TPSA) is 84.2 Å². The van der Waals surface area contributed by atoms with Gasteiger partial charge < -0.3 is 10.4 Å². The zero-order valence-corrected chi connectivity index (χ0v) is 14.9. The Kier molecular flexibility index (Phi) is 5.28. The van der Waals surface area contributed by atoms with Crippen molar-refractivity contribution in [3.63, 3.8) is 0 Å². The number of hydrogen-bond acceptors (Lipinski definition) is 3. The van der Waals surface area contributed by atoms with Gasteiger partial charge >= 0.3 is 12.3 Å². The third kappa shape index (κ3) is 3.94. The maximum Gasteiger partial charge on any atom is 0.416 e. The van der Waals surface area contributed by atoms with Crippen molar-refractivity contribution in [1.82, 2.24) is 14.9 Å². The minimum Gasteiger partial charge on any atom is -0.465 e. The van der Waals surface area contributed by atoms with Crippen LogP contribution in [0.4, 0.5) is 18.0 Å². The molecule has 1 heterocycles. The average Bonchev–Trinajstić information content (AvgIpc) is 2.61. The fraction of sp³-hybridized carbons (Fsp3) is 0.167. The van der Waals surface area contributed by atoms with Crippen LogP contribution in [-0.4, -0.2) is 27.3 Å². The van der Waals surface area contributed by atoms with E-state index in [-0.39, 0.29) is 40.4 Å². The van der Waals surface area contributed by atoms with Crippen molar-refractivity contribution in [1.29, 1.82) is 0 Å². The predicted octanol–water partition coefficient (Wildman–Crippen LogP) is 3.87. The van der Waals surface area contributed by atoms with Gasteiger partial charge in [0.25, 0.3) is 5.56 Å². The van der Waals surface area contributed by atoms with Crippen molar-refractivity contribution >= 4 is 28.6 Å². The van der Waals surface area contributed by atoms with Crippen LogP contribution < -0.4 is 10.9 Å². The smallest absolute Gasteiger partial charge is 0.416 e. The summed E-state index contributed by atoms with van der Waals surface area (Å²) >= 11 is 6.10. The molecule has 3 aromatic rings. The van der Waals surface area contributed by atoms with Crippen LogP contribution in [0.1, 0.15) is 11.4 Å². The molecule has 3 rings (SSSR count). The molecule has 0 spiro atoms. The van der Waals surface area contributed by atoms with E-state index in [2.05, 4.69) is 10.3 Å². The lowest BCUT2D eigenvalue weighted by atomic mass is 10.1. The highest BCUT2D eigenvalue weighted by Gasteiger charge is 2.31. The lowest BCUT2D eigenvalue weighted by Gasteiger charge is -2.16. The number of carboxylic acid groups (broad SMARTS) is 1. The normalized spacial score (nSPS) is 11.6. The summed E-state index contributed by atoms with van der Waals surface area (Å²) in [6.45, 7) is -0.0766. The van der Waals surface area contributed by atoms with Gasteiger partial charge in [-0.15, -0.1) is 0 Å². The van der Waals surface area contributed by atoms with E-state index >= 15 is 0 Å². The van der Waals surface area contributed by atoms with E-state index in [0.29, 0.717) is 0 Å². The lowest BCUT2D eigenvalue weighted by molar-refractivity contribution is -0.137. The Labute approximate surface area is 161 Å². The van der Waals surface area contributed by atoms with Crippen molar-refractivity contribution < 1.29 is 23.1 Å². The summed E-state index contributed by atoms with van der Waals surface area (Å²) in [6.07, 6.45) is -5.87. The van der Waals surface area contributed by atoms with Gasteiger partial charge in [-0.25, -0.2) is 9.78 Å². The minimum absolute atomic E-state index is 0.0137. The highest BCUT2D eigenvalue weighted by atomic mass is 35.5. The molecule has 0 unspecified atom stereocenters.